The van der Waals surface area contributed by atoms with Crippen molar-refractivity contribution in [2.45, 2.75) is 26.2 Å². The molecule has 16 heavy (non-hydrogen) atoms. The third-order valence-electron chi connectivity index (χ3n) is 2.78. The first-order chi connectivity index (χ1) is 7.74. The fourth-order valence-electron chi connectivity index (χ4n) is 1.98. The Morgan fingerprint density at radius 3 is 2.81 bits per heavy atom. The molecule has 0 aliphatic heterocycles. The van der Waals surface area contributed by atoms with E-state index in [1.807, 2.05) is 24.3 Å². The van der Waals surface area contributed by atoms with Gasteiger partial charge in [0.1, 0.15) is 0 Å². The van der Waals surface area contributed by atoms with Crippen molar-refractivity contribution in [1.29, 1.82) is 0 Å². The minimum Gasteiger partial charge on any atom is -0.478 e. The lowest BCUT2D eigenvalue weighted by molar-refractivity contribution is 0.0698. The zero-order valence-corrected chi connectivity index (χ0v) is 9.29. The lowest BCUT2D eigenvalue weighted by Gasteiger charge is -1.98. The number of carboxylic acid groups (broad SMARTS) is 1. The molecular weight excluding hydrogens is 202 g/mol. The van der Waals surface area contributed by atoms with Crippen LogP contribution < -0.4 is 0 Å². The number of carbonyl (C=O) groups is 1. The molecule has 0 atom stereocenters. The monoisotopic (exact) mass is 217 g/mol. The summed E-state index contributed by atoms with van der Waals surface area (Å²) in [7, 11) is 0. The number of aromatic amines is 1. The summed E-state index contributed by atoms with van der Waals surface area (Å²) in [5.41, 5.74) is 2.19. The van der Waals surface area contributed by atoms with Crippen LogP contribution in [0.2, 0.25) is 0 Å². The van der Waals surface area contributed by atoms with Gasteiger partial charge in [-0.1, -0.05) is 31.5 Å². The van der Waals surface area contributed by atoms with E-state index in [-0.39, 0.29) is 0 Å². The molecule has 1 aromatic heterocycles. The molecule has 0 saturated heterocycles. The van der Waals surface area contributed by atoms with E-state index in [4.69, 9.17) is 0 Å². The largest absolute Gasteiger partial charge is 0.478 e. The van der Waals surface area contributed by atoms with Crippen LogP contribution in [0.15, 0.2) is 24.3 Å². The van der Waals surface area contributed by atoms with Crippen LogP contribution in [0.25, 0.3) is 10.9 Å². The molecule has 3 heteroatoms. The number of unbranched alkanes of at least 4 members (excludes halogenated alkanes) is 1. The van der Waals surface area contributed by atoms with Crippen molar-refractivity contribution in [2.75, 3.05) is 0 Å². The molecule has 0 amide bonds. The summed E-state index contributed by atoms with van der Waals surface area (Å²) in [6.45, 7) is 2.10. The van der Waals surface area contributed by atoms with Crippen molar-refractivity contribution >= 4 is 16.9 Å². The Morgan fingerprint density at radius 2 is 2.12 bits per heavy atom. The van der Waals surface area contributed by atoms with E-state index < -0.39 is 5.97 Å². The highest BCUT2D eigenvalue weighted by molar-refractivity contribution is 6.04. The normalized spacial score (nSPS) is 10.8. The van der Waals surface area contributed by atoms with Gasteiger partial charge in [-0.3, -0.25) is 0 Å². The number of H-pyrrole nitrogens is 1. The van der Waals surface area contributed by atoms with E-state index in [1.54, 1.807) is 0 Å². The van der Waals surface area contributed by atoms with Gasteiger partial charge in [-0.05, 0) is 18.9 Å². The Bertz CT molecular complexity index is 514. The Kier molecular flexibility index (Phi) is 2.95. The molecule has 0 bridgehead atoms. The van der Waals surface area contributed by atoms with Crippen LogP contribution in [0.1, 0.15) is 35.8 Å². The van der Waals surface area contributed by atoms with Crippen LogP contribution in [0.5, 0.6) is 0 Å². The van der Waals surface area contributed by atoms with Crippen LogP contribution in [0.4, 0.5) is 0 Å². The number of hydrogen-bond acceptors (Lipinski definition) is 1. The van der Waals surface area contributed by atoms with Crippen LogP contribution in [-0.4, -0.2) is 16.1 Å². The van der Waals surface area contributed by atoms with Crippen LogP contribution in [0, 0.1) is 0 Å². The minimum absolute atomic E-state index is 0.434. The minimum atomic E-state index is -0.844. The SMILES string of the molecule is CCCCc1[nH]c2ccccc2c1C(=O)O. The standard InChI is InChI=1S/C13H15NO2/c1-2-3-7-11-12(13(15)16)9-6-4-5-8-10(9)14-11/h4-6,8,14H,2-3,7H2,1H3,(H,15,16). The zero-order chi connectivity index (χ0) is 11.5. The van der Waals surface area contributed by atoms with Crippen LogP contribution in [0.3, 0.4) is 0 Å². The van der Waals surface area contributed by atoms with E-state index in [0.29, 0.717) is 5.56 Å². The smallest absolute Gasteiger partial charge is 0.338 e. The molecule has 0 spiro atoms. The number of nitrogens with one attached hydrogen (secondary N) is 1. The molecule has 0 saturated carbocycles. The molecule has 0 fully saturated rings. The van der Waals surface area contributed by atoms with Gasteiger partial charge in [-0.25, -0.2) is 4.79 Å². The molecule has 2 N–H and O–H groups in total. The number of aromatic nitrogens is 1. The Hall–Kier alpha value is -1.77. The van der Waals surface area contributed by atoms with Gasteiger partial charge in [0, 0.05) is 16.6 Å². The van der Waals surface area contributed by atoms with E-state index in [2.05, 4.69) is 11.9 Å². The number of rotatable bonds is 4. The molecule has 0 aliphatic carbocycles. The number of fused-ring (bicyclic) bond motifs is 1. The topological polar surface area (TPSA) is 53.1 Å². The molecule has 0 radical (unpaired) electrons. The average Bonchev–Trinajstić information content (AvgIpc) is 2.64. The summed E-state index contributed by atoms with van der Waals surface area (Å²) in [4.78, 5) is 14.4. The van der Waals surface area contributed by atoms with E-state index in [1.165, 1.54) is 0 Å². The predicted octanol–water partition coefficient (Wildman–Crippen LogP) is 3.21. The van der Waals surface area contributed by atoms with E-state index in [0.717, 1.165) is 35.9 Å². The van der Waals surface area contributed by atoms with Crippen LogP contribution in [-0.2, 0) is 6.42 Å². The number of para-hydroxylation sites is 1. The molecule has 0 aliphatic rings. The van der Waals surface area contributed by atoms with Gasteiger partial charge in [-0.15, -0.1) is 0 Å². The lowest BCUT2D eigenvalue weighted by Crippen LogP contribution is -2.00. The van der Waals surface area contributed by atoms with Gasteiger partial charge in [0.2, 0.25) is 0 Å². The molecule has 0 unspecified atom stereocenters. The van der Waals surface area contributed by atoms with Crippen molar-refractivity contribution in [3.8, 4) is 0 Å². The number of benzene rings is 1. The summed E-state index contributed by atoms with van der Waals surface area (Å²) >= 11 is 0. The first kappa shape index (κ1) is 10.7. The van der Waals surface area contributed by atoms with Gasteiger partial charge in [0.25, 0.3) is 0 Å². The maximum absolute atomic E-state index is 11.2. The second kappa shape index (κ2) is 4.39. The highest BCUT2D eigenvalue weighted by Gasteiger charge is 2.16. The van der Waals surface area contributed by atoms with Crippen molar-refractivity contribution in [3.63, 3.8) is 0 Å². The van der Waals surface area contributed by atoms with Gasteiger partial charge < -0.3 is 10.1 Å². The zero-order valence-electron chi connectivity index (χ0n) is 9.29. The molecule has 2 aromatic rings. The van der Waals surface area contributed by atoms with Gasteiger partial charge in [0.05, 0.1) is 5.56 Å². The fraction of sp³-hybridized carbons (Fsp3) is 0.308. The lowest BCUT2D eigenvalue weighted by atomic mass is 10.1. The average molecular weight is 217 g/mol. The third-order valence-corrected chi connectivity index (χ3v) is 2.78. The summed E-state index contributed by atoms with van der Waals surface area (Å²) < 4.78 is 0. The molecule has 1 heterocycles. The molecule has 3 nitrogen and oxygen atoms in total. The molecule has 84 valence electrons. The number of carboxylic acids is 1. The van der Waals surface area contributed by atoms with E-state index >= 15 is 0 Å². The van der Waals surface area contributed by atoms with Crippen molar-refractivity contribution in [1.82, 2.24) is 4.98 Å². The summed E-state index contributed by atoms with van der Waals surface area (Å²) in [5.74, 6) is -0.844. The second-order valence-corrected chi connectivity index (χ2v) is 3.93. The summed E-state index contributed by atoms with van der Waals surface area (Å²) in [6, 6.07) is 7.54. The fourth-order valence-corrected chi connectivity index (χ4v) is 1.98. The number of aryl methyl sites for hydroxylation is 1. The van der Waals surface area contributed by atoms with Crippen LogP contribution >= 0.6 is 0 Å². The Balaban J connectivity index is 2.54. The molecule has 1 aromatic carbocycles. The molecule has 2 rings (SSSR count). The quantitative estimate of drug-likeness (QED) is 0.826. The first-order valence-corrected chi connectivity index (χ1v) is 5.57. The second-order valence-electron chi connectivity index (χ2n) is 3.93. The summed E-state index contributed by atoms with van der Waals surface area (Å²) in [6.07, 6.45) is 2.87. The number of aromatic carboxylic acids is 1. The van der Waals surface area contributed by atoms with Crippen molar-refractivity contribution < 1.29 is 9.90 Å². The maximum Gasteiger partial charge on any atom is 0.338 e. The number of hydrogen-bond donors (Lipinski definition) is 2. The summed E-state index contributed by atoms with van der Waals surface area (Å²) in [5, 5.41) is 10.0. The highest BCUT2D eigenvalue weighted by Crippen LogP contribution is 2.23. The highest BCUT2D eigenvalue weighted by atomic mass is 16.4. The maximum atomic E-state index is 11.2. The molecular formula is C13H15NO2. The van der Waals surface area contributed by atoms with Gasteiger partial charge in [-0.2, -0.15) is 0 Å². The van der Waals surface area contributed by atoms with Crippen molar-refractivity contribution in [3.05, 3.63) is 35.5 Å². The third kappa shape index (κ3) is 1.81. The Morgan fingerprint density at radius 1 is 1.38 bits per heavy atom. The van der Waals surface area contributed by atoms with Crippen molar-refractivity contribution in [2.24, 2.45) is 0 Å². The Labute approximate surface area is 94.1 Å². The van der Waals surface area contributed by atoms with E-state index in [9.17, 15) is 9.90 Å². The van der Waals surface area contributed by atoms with Gasteiger partial charge in [0.15, 0.2) is 0 Å². The first-order valence-electron chi connectivity index (χ1n) is 5.57. The van der Waals surface area contributed by atoms with Gasteiger partial charge >= 0.3 is 5.97 Å². The predicted molar refractivity (Wildman–Crippen MR) is 63.9 cm³/mol.